The second kappa shape index (κ2) is 25.2. The Kier molecular flexibility index (Phi) is 322. The fourth-order valence-corrected chi connectivity index (χ4v) is 0. The molecule has 0 aliphatic carbocycles. The molecule has 0 atom stereocenters. The first kappa shape index (κ1) is 51.2. The van der Waals surface area contributed by atoms with E-state index >= 15 is 0 Å². The maximum atomic E-state index is 0. The fourth-order valence-electron chi connectivity index (χ4n) is 0. The molecule has 0 aromatic heterocycles. The van der Waals surface area contributed by atoms with E-state index in [2.05, 4.69) is 0 Å². The summed E-state index contributed by atoms with van der Waals surface area (Å²) in [6, 6.07) is 0. The van der Waals surface area contributed by atoms with Crippen molar-refractivity contribution in [1.29, 1.82) is 0 Å². The Morgan fingerprint density at radius 1 is 0.750 bits per heavy atom. The molecule has 0 aromatic carbocycles. The van der Waals surface area contributed by atoms with Gasteiger partial charge in [-0.2, -0.15) is 0 Å². The largest absolute Gasteiger partial charge is 2.00 e. The van der Waals surface area contributed by atoms with Crippen LogP contribution in [0, 0.1) is 0 Å². The molecular formula is H8Mg2O2. The van der Waals surface area contributed by atoms with Gasteiger partial charge in [0.15, 0.2) is 0 Å². The molecular weight excluding hydrogens is 80.6 g/mol. The first-order valence-electron chi connectivity index (χ1n) is 0. The minimum absolute atomic E-state index is 0. The van der Waals surface area contributed by atoms with Crippen LogP contribution < -0.4 is 0 Å². The van der Waals surface area contributed by atoms with E-state index in [1.54, 1.807) is 0 Å². The molecule has 0 aromatic rings. The maximum Gasteiger partial charge on any atom is 2.00 e. The van der Waals surface area contributed by atoms with Crippen LogP contribution in [0.4, 0.5) is 0 Å². The van der Waals surface area contributed by atoms with Crippen LogP contribution in [0.25, 0.3) is 0 Å². The first-order valence-corrected chi connectivity index (χ1v) is 0. The van der Waals surface area contributed by atoms with Crippen LogP contribution in [-0.4, -0.2) is 57.1 Å². The molecule has 0 bridgehead atoms. The van der Waals surface area contributed by atoms with Crippen LogP contribution >= 0.6 is 0 Å². The molecule has 2 nitrogen and oxygen atoms in total. The SMILES string of the molecule is O.O.[H-].[H-].[H-].[H-].[Mg+2].[Mg+2]. The van der Waals surface area contributed by atoms with Crippen molar-refractivity contribution in [2.45, 2.75) is 0 Å². The summed E-state index contributed by atoms with van der Waals surface area (Å²) in [5, 5.41) is 0. The van der Waals surface area contributed by atoms with Crippen molar-refractivity contribution < 1.29 is 16.7 Å². The molecule has 0 spiro atoms. The summed E-state index contributed by atoms with van der Waals surface area (Å²) in [7, 11) is 0. The predicted molar refractivity (Wildman–Crippen MR) is 23.2 cm³/mol. The monoisotopic (exact) mass is 88.0 g/mol. The van der Waals surface area contributed by atoms with E-state index in [9.17, 15) is 0 Å². The third-order valence-electron chi connectivity index (χ3n) is 0. The number of hydrogen-bond donors (Lipinski definition) is 0. The van der Waals surface area contributed by atoms with Crippen molar-refractivity contribution in [2.24, 2.45) is 0 Å². The van der Waals surface area contributed by atoms with Gasteiger partial charge in [-0.3, -0.25) is 0 Å². The maximum absolute atomic E-state index is 0. The fraction of sp³-hybridized carbons (Fsp3) is 0. The van der Waals surface area contributed by atoms with Crippen LogP contribution in [0.15, 0.2) is 0 Å². The molecule has 0 unspecified atom stereocenters. The third-order valence-corrected chi connectivity index (χ3v) is 0. The van der Waals surface area contributed by atoms with Crippen LogP contribution in [0.1, 0.15) is 5.71 Å². The van der Waals surface area contributed by atoms with Gasteiger partial charge in [-0.05, 0) is 0 Å². The van der Waals surface area contributed by atoms with Crippen molar-refractivity contribution in [3.63, 3.8) is 0 Å². The minimum Gasteiger partial charge on any atom is -1.00 e. The van der Waals surface area contributed by atoms with E-state index in [4.69, 9.17) is 0 Å². The summed E-state index contributed by atoms with van der Waals surface area (Å²) in [4.78, 5) is 0. The molecule has 4 heteroatoms. The molecule has 0 aliphatic rings. The average Bonchev–Trinajstić information content (AvgIpc) is 0. The zero-order chi connectivity index (χ0) is 0. The standard InChI is InChI=1S/2Mg.2H2O.4H/h;;2*1H2;;;;/q2*+2;;;4*-1. The van der Waals surface area contributed by atoms with Crippen molar-refractivity contribution in [2.75, 3.05) is 0 Å². The van der Waals surface area contributed by atoms with Gasteiger partial charge in [-0.1, -0.05) is 0 Å². The molecule has 4 N–H and O–H groups in total. The predicted octanol–water partition coefficient (Wildman–Crippen LogP) is -1.96. The van der Waals surface area contributed by atoms with Gasteiger partial charge in [0, 0.05) is 0 Å². The molecule has 4 heavy (non-hydrogen) atoms. The summed E-state index contributed by atoms with van der Waals surface area (Å²) in [6.45, 7) is 0. The Morgan fingerprint density at radius 2 is 0.750 bits per heavy atom. The van der Waals surface area contributed by atoms with Crippen LogP contribution in [0.3, 0.4) is 0 Å². The summed E-state index contributed by atoms with van der Waals surface area (Å²) in [6.07, 6.45) is 0. The zero-order valence-electron chi connectivity index (χ0n) is 6.41. The van der Waals surface area contributed by atoms with Gasteiger partial charge < -0.3 is 16.7 Å². The van der Waals surface area contributed by atoms with Gasteiger partial charge in [0.05, 0.1) is 0 Å². The summed E-state index contributed by atoms with van der Waals surface area (Å²) < 4.78 is 0. The molecule has 0 amide bonds. The van der Waals surface area contributed by atoms with Crippen LogP contribution in [0.5, 0.6) is 0 Å². The third kappa shape index (κ3) is 9.84. The number of rotatable bonds is 0. The summed E-state index contributed by atoms with van der Waals surface area (Å²) in [5.74, 6) is 0. The molecule has 0 radical (unpaired) electrons. The average molecular weight is 88.7 g/mol. The van der Waals surface area contributed by atoms with Crippen molar-refractivity contribution >= 4 is 46.1 Å². The van der Waals surface area contributed by atoms with E-state index < -0.39 is 0 Å². The van der Waals surface area contributed by atoms with Gasteiger partial charge >= 0.3 is 46.1 Å². The Morgan fingerprint density at radius 3 is 0.750 bits per heavy atom. The van der Waals surface area contributed by atoms with Crippen LogP contribution in [-0.2, 0) is 0 Å². The molecule has 0 aliphatic heterocycles. The second-order valence-corrected chi connectivity index (χ2v) is 0. The van der Waals surface area contributed by atoms with Gasteiger partial charge in [0.1, 0.15) is 0 Å². The first-order chi connectivity index (χ1) is 0. The molecule has 0 saturated carbocycles. The molecule has 0 heterocycles. The van der Waals surface area contributed by atoms with Gasteiger partial charge in [-0.25, -0.2) is 0 Å². The second-order valence-electron chi connectivity index (χ2n) is 0. The quantitative estimate of drug-likeness (QED) is 0.309. The van der Waals surface area contributed by atoms with Crippen LogP contribution in [0.2, 0.25) is 0 Å². The van der Waals surface area contributed by atoms with Crippen molar-refractivity contribution in [3.05, 3.63) is 0 Å². The van der Waals surface area contributed by atoms with Crippen molar-refractivity contribution in [1.82, 2.24) is 0 Å². The molecule has 0 saturated heterocycles. The van der Waals surface area contributed by atoms with E-state index in [-0.39, 0.29) is 62.8 Å². The molecule has 24 valence electrons. The summed E-state index contributed by atoms with van der Waals surface area (Å²) in [5.41, 5.74) is 0. The number of hydrogen-bond acceptors (Lipinski definition) is 0. The topological polar surface area (TPSA) is 63.0 Å². The smallest absolute Gasteiger partial charge is 1.00 e. The van der Waals surface area contributed by atoms with E-state index in [0.29, 0.717) is 0 Å². The minimum atomic E-state index is 0. The van der Waals surface area contributed by atoms with E-state index in [1.807, 2.05) is 0 Å². The summed E-state index contributed by atoms with van der Waals surface area (Å²) >= 11 is 0. The Bertz CT molecular complexity index is 12.0. The van der Waals surface area contributed by atoms with Crippen molar-refractivity contribution in [3.8, 4) is 0 Å². The zero-order valence-corrected chi connectivity index (χ0v) is 5.24. The molecule has 0 fully saturated rings. The Hall–Kier alpha value is 1.45. The Balaban J connectivity index is 0. The Labute approximate surface area is 62.8 Å². The van der Waals surface area contributed by atoms with Gasteiger partial charge in [0.2, 0.25) is 0 Å². The molecule has 0 rings (SSSR count). The van der Waals surface area contributed by atoms with E-state index in [1.165, 1.54) is 0 Å². The van der Waals surface area contributed by atoms with Gasteiger partial charge in [-0.15, -0.1) is 0 Å². The van der Waals surface area contributed by atoms with Gasteiger partial charge in [0.25, 0.3) is 0 Å². The van der Waals surface area contributed by atoms with E-state index in [0.717, 1.165) is 0 Å². The normalized spacial score (nSPS) is 0.